The largest absolute Gasteiger partial charge is 0.468 e. The fraction of sp³-hybridized carbons (Fsp3) is 0.400. The lowest BCUT2D eigenvalue weighted by Crippen LogP contribution is -2.38. The van der Waals surface area contributed by atoms with E-state index in [-0.39, 0.29) is 12.5 Å². The van der Waals surface area contributed by atoms with Crippen LogP contribution in [0.5, 0.6) is 0 Å². The van der Waals surface area contributed by atoms with Gasteiger partial charge in [-0.3, -0.25) is 9.59 Å². The summed E-state index contributed by atoms with van der Waals surface area (Å²) in [5.74, 6) is -1.29. The summed E-state index contributed by atoms with van der Waals surface area (Å²) < 4.78 is 15.1. The van der Waals surface area contributed by atoms with Crippen molar-refractivity contribution in [3.05, 3.63) is 60.2 Å². The average molecular weight is 346 g/mol. The van der Waals surface area contributed by atoms with Gasteiger partial charge in [-0.05, 0) is 24.5 Å². The zero-order valence-electron chi connectivity index (χ0n) is 15.3. The first-order valence-electron chi connectivity index (χ1n) is 7.99. The molecule has 0 spiro atoms. The molecule has 0 amide bonds. The average Bonchev–Trinajstić information content (AvgIpc) is 2.66. The van der Waals surface area contributed by atoms with Crippen LogP contribution in [0.3, 0.4) is 0 Å². The summed E-state index contributed by atoms with van der Waals surface area (Å²) >= 11 is 0. The van der Waals surface area contributed by atoms with E-state index in [0.717, 1.165) is 11.1 Å². The highest BCUT2D eigenvalue weighted by molar-refractivity contribution is 5.99. The molecule has 0 N–H and O–H groups in total. The van der Waals surface area contributed by atoms with Crippen LogP contribution in [0.15, 0.2) is 54.6 Å². The number of esters is 2. The van der Waals surface area contributed by atoms with Crippen LogP contribution in [0.2, 0.25) is 0 Å². The Balaban J connectivity index is 3.03. The maximum Gasteiger partial charge on any atom is 0.323 e. The standard InChI is InChI=1S/C20H26O5/c1-6-16(17(23-3)14-15-10-8-7-9-11-15)12-13-20(2,18(21)24-4)19(22)25-5/h6-12,17H,1,13-14H2,2-5H3/b16-12+. The summed E-state index contributed by atoms with van der Waals surface area (Å²) in [4.78, 5) is 24.1. The molecule has 0 fully saturated rings. The molecular formula is C20H26O5. The highest BCUT2D eigenvalue weighted by Gasteiger charge is 2.42. The SMILES string of the molecule is C=C/C(=C\CC(C)(C(=O)OC)C(=O)OC)C(Cc1ccccc1)OC. The summed E-state index contributed by atoms with van der Waals surface area (Å²) in [5, 5.41) is 0. The van der Waals surface area contributed by atoms with E-state index in [1.54, 1.807) is 19.3 Å². The van der Waals surface area contributed by atoms with E-state index in [2.05, 4.69) is 6.58 Å². The van der Waals surface area contributed by atoms with E-state index in [4.69, 9.17) is 14.2 Å². The minimum absolute atomic E-state index is 0.127. The van der Waals surface area contributed by atoms with Crippen LogP contribution in [0.25, 0.3) is 0 Å². The molecule has 5 nitrogen and oxygen atoms in total. The van der Waals surface area contributed by atoms with Gasteiger partial charge in [0.2, 0.25) is 0 Å². The van der Waals surface area contributed by atoms with Gasteiger partial charge in [-0.15, -0.1) is 0 Å². The van der Waals surface area contributed by atoms with E-state index < -0.39 is 17.4 Å². The van der Waals surface area contributed by atoms with Crippen molar-refractivity contribution in [1.29, 1.82) is 0 Å². The Bertz CT molecular complexity index is 602. The summed E-state index contributed by atoms with van der Waals surface area (Å²) in [6.07, 6.45) is 3.99. The number of allylic oxidation sites excluding steroid dienone is 1. The van der Waals surface area contributed by atoms with Gasteiger partial charge < -0.3 is 14.2 Å². The summed E-state index contributed by atoms with van der Waals surface area (Å²) in [5.41, 5.74) is 0.499. The normalized spacial score (nSPS) is 13.0. The third-order valence-electron chi connectivity index (χ3n) is 4.17. The molecule has 1 atom stereocenters. The van der Waals surface area contributed by atoms with Crippen LogP contribution in [-0.2, 0) is 30.2 Å². The van der Waals surface area contributed by atoms with Crippen molar-refractivity contribution in [2.24, 2.45) is 5.41 Å². The van der Waals surface area contributed by atoms with Gasteiger partial charge in [-0.1, -0.05) is 49.1 Å². The Morgan fingerprint density at radius 1 is 1.12 bits per heavy atom. The molecule has 0 aromatic heterocycles. The number of rotatable bonds is 9. The van der Waals surface area contributed by atoms with E-state index in [1.807, 2.05) is 30.3 Å². The fourth-order valence-corrected chi connectivity index (χ4v) is 2.53. The Kier molecular flexibility index (Phi) is 8.08. The third-order valence-corrected chi connectivity index (χ3v) is 4.17. The zero-order chi connectivity index (χ0) is 18.9. The van der Waals surface area contributed by atoms with Crippen LogP contribution in [0, 0.1) is 5.41 Å². The molecule has 1 aromatic carbocycles. The predicted octanol–water partition coefficient (Wildman–Crippen LogP) is 3.10. The predicted molar refractivity (Wildman–Crippen MR) is 96.0 cm³/mol. The van der Waals surface area contributed by atoms with Gasteiger partial charge >= 0.3 is 11.9 Å². The molecule has 0 heterocycles. The van der Waals surface area contributed by atoms with Crippen molar-refractivity contribution >= 4 is 11.9 Å². The van der Waals surface area contributed by atoms with Crippen LogP contribution in [0.4, 0.5) is 0 Å². The summed E-state index contributed by atoms with van der Waals surface area (Å²) in [6, 6.07) is 9.91. The molecule has 0 saturated carbocycles. The molecule has 5 heteroatoms. The molecule has 0 saturated heterocycles. The quantitative estimate of drug-likeness (QED) is 0.391. The molecule has 0 bridgehead atoms. The van der Waals surface area contributed by atoms with Crippen molar-refractivity contribution in [3.63, 3.8) is 0 Å². The molecule has 1 unspecified atom stereocenters. The molecule has 0 radical (unpaired) electrons. The van der Waals surface area contributed by atoms with Crippen molar-refractivity contribution in [3.8, 4) is 0 Å². The second kappa shape index (κ2) is 9.79. The molecule has 0 aliphatic rings. The Morgan fingerprint density at radius 3 is 2.12 bits per heavy atom. The number of ether oxygens (including phenoxy) is 3. The maximum atomic E-state index is 12.1. The molecule has 1 aromatic rings. The van der Waals surface area contributed by atoms with Gasteiger partial charge in [0.25, 0.3) is 0 Å². The smallest absolute Gasteiger partial charge is 0.323 e. The minimum Gasteiger partial charge on any atom is -0.468 e. The van der Waals surface area contributed by atoms with Gasteiger partial charge in [0, 0.05) is 13.5 Å². The number of carbonyl (C=O) groups excluding carboxylic acids is 2. The molecule has 136 valence electrons. The van der Waals surface area contributed by atoms with Gasteiger partial charge in [0.15, 0.2) is 5.41 Å². The van der Waals surface area contributed by atoms with Gasteiger partial charge in [0.1, 0.15) is 0 Å². The van der Waals surface area contributed by atoms with Crippen LogP contribution in [0.1, 0.15) is 18.9 Å². The van der Waals surface area contributed by atoms with E-state index in [0.29, 0.717) is 6.42 Å². The van der Waals surface area contributed by atoms with E-state index >= 15 is 0 Å². The lowest BCUT2D eigenvalue weighted by Gasteiger charge is -2.23. The molecule has 1 rings (SSSR count). The molecule has 0 aliphatic carbocycles. The molecular weight excluding hydrogens is 320 g/mol. The number of methoxy groups -OCH3 is 3. The number of carbonyl (C=O) groups is 2. The van der Waals surface area contributed by atoms with E-state index in [9.17, 15) is 9.59 Å². The zero-order valence-corrected chi connectivity index (χ0v) is 15.3. The van der Waals surface area contributed by atoms with E-state index in [1.165, 1.54) is 21.1 Å². The number of hydrogen-bond acceptors (Lipinski definition) is 5. The third kappa shape index (κ3) is 5.29. The summed E-state index contributed by atoms with van der Waals surface area (Å²) in [7, 11) is 4.11. The highest BCUT2D eigenvalue weighted by Crippen LogP contribution is 2.27. The van der Waals surface area contributed by atoms with Crippen molar-refractivity contribution < 1.29 is 23.8 Å². The number of benzene rings is 1. The van der Waals surface area contributed by atoms with Crippen LogP contribution < -0.4 is 0 Å². The lowest BCUT2D eigenvalue weighted by atomic mass is 9.85. The number of hydrogen-bond donors (Lipinski definition) is 0. The van der Waals surface area contributed by atoms with Crippen molar-refractivity contribution in [2.45, 2.75) is 25.9 Å². The van der Waals surface area contributed by atoms with Crippen molar-refractivity contribution in [2.75, 3.05) is 21.3 Å². The topological polar surface area (TPSA) is 61.8 Å². The second-order valence-electron chi connectivity index (χ2n) is 5.84. The minimum atomic E-state index is -1.41. The highest BCUT2D eigenvalue weighted by atomic mass is 16.5. The van der Waals surface area contributed by atoms with Gasteiger partial charge in [0.05, 0.1) is 20.3 Å². The Hall–Kier alpha value is -2.40. The summed E-state index contributed by atoms with van der Waals surface area (Å²) in [6.45, 7) is 5.32. The first-order valence-corrected chi connectivity index (χ1v) is 7.99. The lowest BCUT2D eigenvalue weighted by molar-refractivity contribution is -0.167. The van der Waals surface area contributed by atoms with Gasteiger partial charge in [-0.2, -0.15) is 0 Å². The monoisotopic (exact) mass is 346 g/mol. The maximum absolute atomic E-state index is 12.1. The molecule has 25 heavy (non-hydrogen) atoms. The first kappa shape index (κ1) is 20.6. The fourth-order valence-electron chi connectivity index (χ4n) is 2.53. The second-order valence-corrected chi connectivity index (χ2v) is 5.84. The van der Waals surface area contributed by atoms with Crippen molar-refractivity contribution in [1.82, 2.24) is 0 Å². The van der Waals surface area contributed by atoms with Crippen LogP contribution in [-0.4, -0.2) is 39.4 Å². The Labute approximate surface area is 149 Å². The van der Waals surface area contributed by atoms with Gasteiger partial charge in [-0.25, -0.2) is 0 Å². The first-order chi connectivity index (χ1) is 11.9. The Morgan fingerprint density at radius 2 is 1.68 bits per heavy atom. The molecule has 0 aliphatic heterocycles. The van der Waals surface area contributed by atoms with Crippen LogP contribution >= 0.6 is 0 Å².